The molecule has 3 rings (SSSR count). The van der Waals surface area contributed by atoms with E-state index in [0.717, 1.165) is 5.56 Å². The standard InChI is InChI=1S/C17H13BrF2N4O/c18-15-10-24(9-11-4-6-12(19)7-5-11)23-16(15)22-17(25)21-14-3-1-2-13(20)8-14/h1-8,10H,9H2,(H2,21,22,23,25). The first-order chi connectivity index (χ1) is 12.0. The molecule has 8 heteroatoms. The Hall–Kier alpha value is -2.74. The van der Waals surface area contributed by atoms with E-state index in [1.165, 1.54) is 30.3 Å². The van der Waals surface area contributed by atoms with Crippen LogP contribution in [0.25, 0.3) is 0 Å². The van der Waals surface area contributed by atoms with Crippen molar-refractivity contribution in [1.29, 1.82) is 0 Å². The zero-order chi connectivity index (χ0) is 17.8. The summed E-state index contributed by atoms with van der Waals surface area (Å²) >= 11 is 3.32. The maximum absolute atomic E-state index is 13.1. The highest BCUT2D eigenvalue weighted by Gasteiger charge is 2.11. The number of halogens is 3. The number of hydrogen-bond acceptors (Lipinski definition) is 2. The molecule has 0 saturated carbocycles. The van der Waals surface area contributed by atoms with Crippen LogP contribution in [0.1, 0.15) is 5.56 Å². The van der Waals surface area contributed by atoms with Crippen LogP contribution in [0.5, 0.6) is 0 Å². The predicted molar refractivity (Wildman–Crippen MR) is 94.5 cm³/mol. The van der Waals surface area contributed by atoms with Crippen molar-refractivity contribution in [3.63, 3.8) is 0 Å². The fraction of sp³-hybridized carbons (Fsp3) is 0.0588. The zero-order valence-corrected chi connectivity index (χ0v) is 14.4. The number of carbonyl (C=O) groups excluding carboxylic acids is 1. The molecule has 0 aliphatic carbocycles. The van der Waals surface area contributed by atoms with Crippen LogP contribution in [0.4, 0.5) is 25.1 Å². The normalized spacial score (nSPS) is 10.5. The largest absolute Gasteiger partial charge is 0.324 e. The first kappa shape index (κ1) is 17.1. The molecule has 2 N–H and O–H groups in total. The molecule has 0 aliphatic rings. The summed E-state index contributed by atoms with van der Waals surface area (Å²) in [4.78, 5) is 12.0. The molecule has 0 atom stereocenters. The number of benzene rings is 2. The first-order valence-corrected chi connectivity index (χ1v) is 8.10. The summed E-state index contributed by atoms with van der Waals surface area (Å²) in [6.07, 6.45) is 1.70. The van der Waals surface area contributed by atoms with Crippen molar-refractivity contribution in [3.05, 3.63) is 76.4 Å². The summed E-state index contributed by atoms with van der Waals surface area (Å²) in [5.41, 5.74) is 1.20. The molecule has 2 amide bonds. The van der Waals surface area contributed by atoms with Crippen LogP contribution >= 0.6 is 15.9 Å². The Labute approximate surface area is 150 Å². The minimum Gasteiger partial charge on any atom is -0.308 e. The third kappa shape index (κ3) is 4.63. The molecule has 1 aromatic heterocycles. The number of aromatic nitrogens is 2. The monoisotopic (exact) mass is 406 g/mol. The lowest BCUT2D eigenvalue weighted by Crippen LogP contribution is -2.20. The molecular weight excluding hydrogens is 394 g/mol. The molecule has 128 valence electrons. The van der Waals surface area contributed by atoms with E-state index in [9.17, 15) is 13.6 Å². The second kappa shape index (κ2) is 7.43. The SMILES string of the molecule is O=C(Nc1cccc(F)c1)Nc1nn(Cc2ccc(F)cc2)cc1Br. The quantitative estimate of drug-likeness (QED) is 0.664. The van der Waals surface area contributed by atoms with Crippen LogP contribution in [-0.4, -0.2) is 15.8 Å². The third-order valence-electron chi connectivity index (χ3n) is 3.29. The highest BCUT2D eigenvalue weighted by molar-refractivity contribution is 9.10. The van der Waals surface area contributed by atoms with Gasteiger partial charge in [0.2, 0.25) is 0 Å². The predicted octanol–water partition coefficient (Wildman–Crippen LogP) is 4.62. The molecule has 0 fully saturated rings. The van der Waals surface area contributed by atoms with E-state index < -0.39 is 11.8 Å². The Balaban J connectivity index is 1.65. The minimum atomic E-state index is -0.543. The Morgan fingerprint density at radius 1 is 1.08 bits per heavy atom. The van der Waals surface area contributed by atoms with Crippen LogP contribution < -0.4 is 10.6 Å². The van der Waals surface area contributed by atoms with Crippen LogP contribution in [0, 0.1) is 11.6 Å². The van der Waals surface area contributed by atoms with Crippen molar-refractivity contribution in [2.45, 2.75) is 6.54 Å². The summed E-state index contributed by atoms with van der Waals surface area (Å²) in [5.74, 6) is -0.430. The first-order valence-electron chi connectivity index (χ1n) is 7.30. The molecule has 25 heavy (non-hydrogen) atoms. The van der Waals surface area contributed by atoms with Gasteiger partial charge >= 0.3 is 6.03 Å². The van der Waals surface area contributed by atoms with E-state index in [0.29, 0.717) is 22.5 Å². The van der Waals surface area contributed by atoms with Gasteiger partial charge in [-0.2, -0.15) is 5.10 Å². The molecule has 2 aromatic carbocycles. The van der Waals surface area contributed by atoms with Gasteiger partial charge in [-0.1, -0.05) is 18.2 Å². The van der Waals surface area contributed by atoms with E-state index in [4.69, 9.17) is 0 Å². The van der Waals surface area contributed by atoms with Gasteiger partial charge in [0, 0.05) is 11.9 Å². The van der Waals surface area contributed by atoms with E-state index in [-0.39, 0.29) is 5.82 Å². The van der Waals surface area contributed by atoms with Crippen molar-refractivity contribution >= 4 is 33.5 Å². The van der Waals surface area contributed by atoms with Gasteiger partial charge in [-0.05, 0) is 51.8 Å². The molecular formula is C17H13BrF2N4O. The van der Waals surface area contributed by atoms with Gasteiger partial charge in [0.1, 0.15) is 11.6 Å². The van der Waals surface area contributed by atoms with Gasteiger partial charge in [0.15, 0.2) is 5.82 Å². The molecule has 0 unspecified atom stereocenters. The molecule has 5 nitrogen and oxygen atoms in total. The van der Waals surface area contributed by atoms with Gasteiger partial charge < -0.3 is 5.32 Å². The van der Waals surface area contributed by atoms with Crippen molar-refractivity contribution in [1.82, 2.24) is 9.78 Å². The topological polar surface area (TPSA) is 59.0 Å². The number of nitrogens with zero attached hydrogens (tertiary/aromatic N) is 2. The van der Waals surface area contributed by atoms with Crippen molar-refractivity contribution in [2.75, 3.05) is 10.6 Å². The Morgan fingerprint density at radius 2 is 1.84 bits per heavy atom. The average molecular weight is 407 g/mol. The molecule has 1 heterocycles. The maximum Gasteiger partial charge on any atom is 0.324 e. The lowest BCUT2D eigenvalue weighted by atomic mass is 10.2. The van der Waals surface area contributed by atoms with Crippen molar-refractivity contribution < 1.29 is 13.6 Å². The highest BCUT2D eigenvalue weighted by atomic mass is 79.9. The summed E-state index contributed by atoms with van der Waals surface area (Å²) in [5, 5.41) is 9.36. The lowest BCUT2D eigenvalue weighted by molar-refractivity contribution is 0.262. The summed E-state index contributed by atoms with van der Waals surface area (Å²) in [6.45, 7) is 0.423. The van der Waals surface area contributed by atoms with Crippen molar-refractivity contribution in [3.8, 4) is 0 Å². The Morgan fingerprint density at radius 3 is 2.56 bits per heavy atom. The maximum atomic E-state index is 13.1. The van der Waals surface area contributed by atoms with E-state index in [1.807, 2.05) is 0 Å². The molecule has 0 saturated heterocycles. The number of hydrogen-bond donors (Lipinski definition) is 2. The summed E-state index contributed by atoms with van der Waals surface area (Å²) < 4.78 is 28.3. The van der Waals surface area contributed by atoms with E-state index in [1.54, 1.807) is 29.1 Å². The van der Waals surface area contributed by atoms with Gasteiger partial charge in [-0.15, -0.1) is 0 Å². The average Bonchev–Trinajstić information content (AvgIpc) is 2.89. The molecule has 0 aliphatic heterocycles. The zero-order valence-electron chi connectivity index (χ0n) is 12.8. The fourth-order valence-electron chi connectivity index (χ4n) is 2.18. The number of amides is 2. The van der Waals surface area contributed by atoms with Gasteiger partial charge in [-0.25, -0.2) is 13.6 Å². The van der Waals surface area contributed by atoms with E-state index in [2.05, 4.69) is 31.7 Å². The number of carbonyl (C=O) groups is 1. The van der Waals surface area contributed by atoms with Crippen LogP contribution in [0.15, 0.2) is 59.2 Å². The minimum absolute atomic E-state index is 0.304. The Bertz CT molecular complexity index is 896. The van der Waals surface area contributed by atoms with Crippen molar-refractivity contribution in [2.24, 2.45) is 0 Å². The molecule has 3 aromatic rings. The second-order valence-corrected chi connectivity index (χ2v) is 6.09. The number of rotatable bonds is 4. The summed E-state index contributed by atoms with van der Waals surface area (Å²) in [7, 11) is 0. The molecule has 0 bridgehead atoms. The number of urea groups is 1. The third-order valence-corrected chi connectivity index (χ3v) is 3.87. The second-order valence-electron chi connectivity index (χ2n) is 5.24. The van der Waals surface area contributed by atoms with E-state index >= 15 is 0 Å². The van der Waals surface area contributed by atoms with Gasteiger partial charge in [0.25, 0.3) is 0 Å². The van der Waals surface area contributed by atoms with Crippen LogP contribution in [0.3, 0.4) is 0 Å². The summed E-state index contributed by atoms with van der Waals surface area (Å²) in [6, 6.07) is 11.1. The fourth-order valence-corrected chi connectivity index (χ4v) is 2.59. The smallest absolute Gasteiger partial charge is 0.308 e. The number of nitrogens with one attached hydrogen (secondary N) is 2. The van der Waals surface area contributed by atoms with Crippen LogP contribution in [0.2, 0.25) is 0 Å². The number of anilines is 2. The Kier molecular flexibility index (Phi) is 5.08. The lowest BCUT2D eigenvalue weighted by Gasteiger charge is -2.06. The molecule has 0 radical (unpaired) electrons. The molecule has 0 spiro atoms. The van der Waals surface area contributed by atoms with Gasteiger partial charge in [-0.3, -0.25) is 10.00 Å². The highest BCUT2D eigenvalue weighted by Crippen LogP contribution is 2.21. The van der Waals surface area contributed by atoms with Crippen LogP contribution in [-0.2, 0) is 6.54 Å². The van der Waals surface area contributed by atoms with Gasteiger partial charge in [0.05, 0.1) is 11.0 Å².